The fraction of sp³-hybridized carbons (Fsp3) is 0.105. The minimum Gasteiger partial charge on any atom is -0.343 e. The number of rotatable bonds is 4. The molecule has 1 N–H and O–H groups in total. The Kier molecular flexibility index (Phi) is 3.87. The normalized spacial score (nSPS) is 11.3. The van der Waals surface area contributed by atoms with Crippen LogP contribution in [-0.4, -0.2) is 35.5 Å². The lowest BCUT2D eigenvalue weighted by Gasteiger charge is -2.03. The zero-order chi connectivity index (χ0) is 19.1. The fourth-order valence-electron chi connectivity index (χ4n) is 3.13. The number of para-hydroxylation sites is 1. The summed E-state index contributed by atoms with van der Waals surface area (Å²) in [7, 11) is 1.82. The first-order valence-electron chi connectivity index (χ1n) is 8.64. The summed E-state index contributed by atoms with van der Waals surface area (Å²) >= 11 is 1.61. The Hall–Kier alpha value is -3.59. The highest BCUT2D eigenvalue weighted by atomic mass is 32.1. The average molecular weight is 389 g/mol. The van der Waals surface area contributed by atoms with Crippen LogP contribution in [0.15, 0.2) is 53.2 Å². The molecule has 4 heterocycles. The van der Waals surface area contributed by atoms with Gasteiger partial charge in [0, 0.05) is 23.4 Å². The fourth-order valence-corrected chi connectivity index (χ4v) is 3.78. The molecule has 0 atom stereocenters. The summed E-state index contributed by atoms with van der Waals surface area (Å²) in [6, 6.07) is 13.4. The van der Waals surface area contributed by atoms with Crippen molar-refractivity contribution in [2.24, 2.45) is 7.05 Å². The third-order valence-corrected chi connectivity index (χ3v) is 5.21. The molecule has 0 spiro atoms. The van der Waals surface area contributed by atoms with Gasteiger partial charge in [-0.05, 0) is 29.6 Å². The minimum atomic E-state index is -0.262. The highest BCUT2D eigenvalue weighted by Gasteiger charge is 2.17. The Balaban J connectivity index is 1.42. The largest absolute Gasteiger partial charge is 0.343 e. The quantitative estimate of drug-likeness (QED) is 0.510. The SMILES string of the molecule is Cn1nc(C(=O)NCc2nnc3ccc(-c4ccsc4)nn23)c2ccccc21. The first kappa shape index (κ1) is 16.6. The maximum absolute atomic E-state index is 12.7. The number of aryl methyl sites for hydroxylation is 1. The lowest BCUT2D eigenvalue weighted by Crippen LogP contribution is -2.25. The summed E-state index contributed by atoms with van der Waals surface area (Å²) in [5, 5.41) is 25.0. The molecule has 0 bridgehead atoms. The van der Waals surface area contributed by atoms with Gasteiger partial charge < -0.3 is 5.32 Å². The second-order valence-corrected chi connectivity index (χ2v) is 7.07. The zero-order valence-electron chi connectivity index (χ0n) is 14.9. The van der Waals surface area contributed by atoms with Crippen LogP contribution in [0, 0.1) is 0 Å². The van der Waals surface area contributed by atoms with E-state index in [0.717, 1.165) is 22.2 Å². The lowest BCUT2D eigenvalue weighted by molar-refractivity contribution is 0.0945. The van der Waals surface area contributed by atoms with Gasteiger partial charge in [0.25, 0.3) is 5.91 Å². The standard InChI is InChI=1S/C19H15N7OS/c1-25-15-5-3-2-4-13(15)18(24-25)19(27)20-10-17-22-21-16-7-6-14(23-26(16)17)12-8-9-28-11-12/h2-9,11H,10H2,1H3,(H,20,27). The minimum absolute atomic E-state index is 0.199. The molecule has 8 nitrogen and oxygen atoms in total. The van der Waals surface area contributed by atoms with Gasteiger partial charge in [-0.1, -0.05) is 18.2 Å². The first-order chi connectivity index (χ1) is 13.7. The number of thiophene rings is 1. The van der Waals surface area contributed by atoms with E-state index >= 15 is 0 Å². The molecular weight excluding hydrogens is 374 g/mol. The van der Waals surface area contributed by atoms with E-state index in [-0.39, 0.29) is 12.5 Å². The van der Waals surface area contributed by atoms with Crippen LogP contribution in [0.3, 0.4) is 0 Å². The Bertz CT molecular complexity index is 1300. The molecule has 138 valence electrons. The maximum atomic E-state index is 12.7. The predicted molar refractivity (Wildman–Crippen MR) is 106 cm³/mol. The zero-order valence-corrected chi connectivity index (χ0v) is 15.7. The summed E-state index contributed by atoms with van der Waals surface area (Å²) < 4.78 is 3.36. The predicted octanol–water partition coefficient (Wildman–Crippen LogP) is 2.67. The molecule has 0 aliphatic heterocycles. The molecule has 0 unspecified atom stereocenters. The molecule has 0 aliphatic carbocycles. The monoisotopic (exact) mass is 389 g/mol. The molecule has 9 heteroatoms. The highest BCUT2D eigenvalue weighted by molar-refractivity contribution is 7.08. The van der Waals surface area contributed by atoms with Crippen LogP contribution in [0.1, 0.15) is 16.3 Å². The van der Waals surface area contributed by atoms with E-state index in [2.05, 4.69) is 25.7 Å². The molecule has 0 saturated carbocycles. The van der Waals surface area contributed by atoms with Crippen LogP contribution >= 0.6 is 11.3 Å². The van der Waals surface area contributed by atoms with Crippen molar-refractivity contribution < 1.29 is 4.79 Å². The lowest BCUT2D eigenvalue weighted by atomic mass is 10.2. The Morgan fingerprint density at radius 3 is 2.86 bits per heavy atom. The summed E-state index contributed by atoms with van der Waals surface area (Å²) in [5.74, 6) is 0.295. The van der Waals surface area contributed by atoms with Gasteiger partial charge in [-0.3, -0.25) is 9.48 Å². The second-order valence-electron chi connectivity index (χ2n) is 6.29. The number of hydrogen-bond donors (Lipinski definition) is 1. The number of fused-ring (bicyclic) bond motifs is 2. The number of nitrogens with zero attached hydrogens (tertiary/aromatic N) is 6. The number of aromatic nitrogens is 6. The Morgan fingerprint density at radius 1 is 1.11 bits per heavy atom. The molecule has 0 fully saturated rings. The van der Waals surface area contributed by atoms with Crippen molar-refractivity contribution in [3.8, 4) is 11.3 Å². The topological polar surface area (TPSA) is 90.0 Å². The van der Waals surface area contributed by atoms with Crippen LogP contribution in [0.25, 0.3) is 27.8 Å². The molecule has 5 aromatic rings. The third kappa shape index (κ3) is 2.72. The van der Waals surface area contributed by atoms with Crippen LogP contribution in [0.2, 0.25) is 0 Å². The van der Waals surface area contributed by atoms with Crippen molar-refractivity contribution in [1.82, 2.24) is 34.9 Å². The van der Waals surface area contributed by atoms with Gasteiger partial charge in [0.2, 0.25) is 0 Å². The number of hydrogen-bond acceptors (Lipinski definition) is 6. The van der Waals surface area contributed by atoms with Crippen molar-refractivity contribution >= 4 is 33.8 Å². The number of carbonyl (C=O) groups is 1. The van der Waals surface area contributed by atoms with E-state index in [1.54, 1.807) is 20.5 Å². The summed E-state index contributed by atoms with van der Waals surface area (Å²) in [5.41, 5.74) is 3.79. The smallest absolute Gasteiger partial charge is 0.272 e. The van der Waals surface area contributed by atoms with E-state index in [1.807, 2.05) is 60.3 Å². The number of carbonyl (C=O) groups excluding carboxylic acids is 1. The number of amides is 1. The van der Waals surface area contributed by atoms with E-state index in [1.165, 1.54) is 0 Å². The maximum Gasteiger partial charge on any atom is 0.272 e. The first-order valence-corrected chi connectivity index (χ1v) is 9.59. The summed E-state index contributed by atoms with van der Waals surface area (Å²) in [4.78, 5) is 12.7. The van der Waals surface area contributed by atoms with Gasteiger partial charge in [-0.2, -0.15) is 26.0 Å². The van der Waals surface area contributed by atoms with Gasteiger partial charge in [0.15, 0.2) is 17.2 Å². The summed E-state index contributed by atoms with van der Waals surface area (Å²) in [6.07, 6.45) is 0. The van der Waals surface area contributed by atoms with Crippen LogP contribution in [0.5, 0.6) is 0 Å². The van der Waals surface area contributed by atoms with Gasteiger partial charge in [-0.25, -0.2) is 0 Å². The van der Waals surface area contributed by atoms with Crippen LogP contribution < -0.4 is 5.32 Å². The van der Waals surface area contributed by atoms with Crippen molar-refractivity contribution in [3.05, 3.63) is 64.7 Å². The molecule has 0 radical (unpaired) electrons. The van der Waals surface area contributed by atoms with Gasteiger partial charge in [-0.15, -0.1) is 10.2 Å². The number of nitrogens with one attached hydrogen (secondary N) is 1. The van der Waals surface area contributed by atoms with E-state index in [0.29, 0.717) is 17.2 Å². The molecule has 0 saturated heterocycles. The Morgan fingerprint density at radius 2 is 2.00 bits per heavy atom. The van der Waals surface area contributed by atoms with Crippen LogP contribution in [-0.2, 0) is 13.6 Å². The van der Waals surface area contributed by atoms with E-state index in [4.69, 9.17) is 0 Å². The van der Waals surface area contributed by atoms with E-state index in [9.17, 15) is 4.79 Å². The third-order valence-electron chi connectivity index (χ3n) is 4.52. The summed E-state index contributed by atoms with van der Waals surface area (Å²) in [6.45, 7) is 0.199. The van der Waals surface area contributed by atoms with Gasteiger partial charge in [0.05, 0.1) is 17.8 Å². The van der Waals surface area contributed by atoms with E-state index < -0.39 is 0 Å². The molecule has 5 rings (SSSR count). The molecule has 0 aliphatic rings. The van der Waals surface area contributed by atoms with Crippen molar-refractivity contribution in [3.63, 3.8) is 0 Å². The molecule has 1 amide bonds. The number of benzene rings is 1. The average Bonchev–Trinajstić information content (AvgIpc) is 3.45. The molecule has 28 heavy (non-hydrogen) atoms. The molecular formula is C19H15N7OS. The van der Waals surface area contributed by atoms with Gasteiger partial charge >= 0.3 is 0 Å². The highest BCUT2D eigenvalue weighted by Crippen LogP contribution is 2.20. The molecule has 1 aromatic carbocycles. The second kappa shape index (κ2) is 6.54. The van der Waals surface area contributed by atoms with Crippen molar-refractivity contribution in [2.45, 2.75) is 6.54 Å². The van der Waals surface area contributed by atoms with Crippen molar-refractivity contribution in [1.29, 1.82) is 0 Å². The van der Waals surface area contributed by atoms with Crippen LogP contribution in [0.4, 0.5) is 0 Å². The molecule has 4 aromatic heterocycles. The Labute approximate surface area is 163 Å². The van der Waals surface area contributed by atoms with Crippen molar-refractivity contribution in [2.75, 3.05) is 0 Å². The van der Waals surface area contributed by atoms with Gasteiger partial charge in [0.1, 0.15) is 0 Å².